The van der Waals surface area contributed by atoms with E-state index in [0.717, 1.165) is 15.7 Å². The molecule has 0 amide bonds. The molecule has 0 aliphatic carbocycles. The van der Waals surface area contributed by atoms with Gasteiger partial charge in [0.1, 0.15) is 0 Å². The van der Waals surface area contributed by atoms with Crippen LogP contribution in [0.4, 0.5) is 0 Å². The third-order valence-corrected chi connectivity index (χ3v) is 4.59. The van der Waals surface area contributed by atoms with Crippen molar-refractivity contribution in [1.82, 2.24) is 9.13 Å². The molecule has 0 spiro atoms. The number of aromatic nitrogens is 2. The van der Waals surface area contributed by atoms with Crippen LogP contribution in [0.2, 0.25) is 5.02 Å². The summed E-state index contributed by atoms with van der Waals surface area (Å²) >= 11 is 9.36. The van der Waals surface area contributed by atoms with Gasteiger partial charge in [0.25, 0.3) is 0 Å². The van der Waals surface area contributed by atoms with E-state index >= 15 is 0 Å². The van der Waals surface area contributed by atoms with E-state index in [1.165, 1.54) is 0 Å². The van der Waals surface area contributed by atoms with Crippen molar-refractivity contribution in [2.45, 2.75) is 6.54 Å². The molecule has 24 heavy (non-hydrogen) atoms. The van der Waals surface area contributed by atoms with Gasteiger partial charge in [-0.3, -0.25) is 10.2 Å². The summed E-state index contributed by atoms with van der Waals surface area (Å²) in [5.41, 5.74) is 2.68. The third-order valence-electron chi connectivity index (χ3n) is 3.83. The number of carbonyl (C=O) groups excluding carboxylic acids is 1. The molecule has 0 bridgehead atoms. The van der Waals surface area contributed by atoms with E-state index < -0.39 is 0 Å². The Morgan fingerprint density at radius 2 is 1.92 bits per heavy atom. The predicted molar refractivity (Wildman–Crippen MR) is 98.2 cm³/mol. The van der Waals surface area contributed by atoms with Crippen LogP contribution in [-0.2, 0) is 13.6 Å². The van der Waals surface area contributed by atoms with Crippen molar-refractivity contribution < 1.29 is 4.79 Å². The monoisotopic (exact) mass is 403 g/mol. The van der Waals surface area contributed by atoms with E-state index in [0.29, 0.717) is 10.6 Å². The van der Waals surface area contributed by atoms with E-state index in [9.17, 15) is 4.79 Å². The van der Waals surface area contributed by atoms with Gasteiger partial charge in [-0.05, 0) is 29.8 Å². The highest BCUT2D eigenvalue weighted by Gasteiger charge is 2.12. The standard InChI is InChI=1S/C18H15BrClN3O/c1-22-16(12-5-7-14(19)8-6-12)10-23(18(22)21)11-17(24)13-3-2-4-15(20)9-13/h2-10,21H,11H2,1H3. The van der Waals surface area contributed by atoms with Crippen LogP contribution in [0.25, 0.3) is 11.3 Å². The van der Waals surface area contributed by atoms with Crippen molar-refractivity contribution in [3.05, 3.63) is 75.4 Å². The van der Waals surface area contributed by atoms with Crippen molar-refractivity contribution in [3.8, 4) is 11.3 Å². The Kier molecular flexibility index (Phi) is 4.73. The molecular formula is C18H15BrClN3O. The lowest BCUT2D eigenvalue weighted by Crippen LogP contribution is -2.25. The summed E-state index contributed by atoms with van der Waals surface area (Å²) < 4.78 is 4.39. The van der Waals surface area contributed by atoms with Crippen molar-refractivity contribution in [2.24, 2.45) is 7.05 Å². The van der Waals surface area contributed by atoms with E-state index in [-0.39, 0.29) is 17.9 Å². The Morgan fingerprint density at radius 3 is 2.58 bits per heavy atom. The predicted octanol–water partition coefficient (Wildman–Crippen LogP) is 4.27. The number of imidazole rings is 1. The number of Topliss-reactive ketones (excluding diaryl/α,β-unsaturated/α-hetero) is 1. The van der Waals surface area contributed by atoms with Crippen molar-refractivity contribution in [3.63, 3.8) is 0 Å². The molecule has 2 aromatic carbocycles. The summed E-state index contributed by atoms with van der Waals surface area (Å²) in [5, 5.41) is 8.77. The molecule has 0 unspecified atom stereocenters. The number of nitrogens with zero attached hydrogens (tertiary/aromatic N) is 2. The molecule has 0 aliphatic heterocycles. The van der Waals surface area contributed by atoms with Crippen LogP contribution in [0.15, 0.2) is 59.2 Å². The van der Waals surface area contributed by atoms with Crippen molar-refractivity contribution in [2.75, 3.05) is 0 Å². The number of ketones is 1. The second-order valence-corrected chi connectivity index (χ2v) is 6.82. The molecule has 3 aromatic rings. The molecule has 0 atom stereocenters. The molecule has 0 saturated carbocycles. The van der Waals surface area contributed by atoms with Crippen LogP contribution in [0.1, 0.15) is 10.4 Å². The maximum Gasteiger partial charge on any atom is 0.202 e. The maximum absolute atomic E-state index is 12.4. The van der Waals surface area contributed by atoms with Crippen molar-refractivity contribution in [1.29, 1.82) is 5.41 Å². The van der Waals surface area contributed by atoms with Gasteiger partial charge in [0.2, 0.25) is 5.62 Å². The van der Waals surface area contributed by atoms with E-state index in [1.54, 1.807) is 33.4 Å². The molecule has 0 fully saturated rings. The number of hydrogen-bond acceptors (Lipinski definition) is 2. The summed E-state index contributed by atoms with van der Waals surface area (Å²) in [6, 6.07) is 14.7. The van der Waals surface area contributed by atoms with Crippen LogP contribution in [-0.4, -0.2) is 14.9 Å². The number of halogens is 2. The zero-order chi connectivity index (χ0) is 17.3. The Hall–Kier alpha value is -2.11. The number of nitrogens with one attached hydrogen (secondary N) is 1. The minimum atomic E-state index is -0.0797. The summed E-state index contributed by atoms with van der Waals surface area (Å²) in [6.45, 7) is 0.101. The molecule has 1 heterocycles. The van der Waals surface area contributed by atoms with Gasteiger partial charge in [-0.25, -0.2) is 0 Å². The highest BCUT2D eigenvalue weighted by molar-refractivity contribution is 9.10. The van der Waals surface area contributed by atoms with Gasteiger partial charge in [-0.15, -0.1) is 0 Å². The first-order valence-corrected chi connectivity index (χ1v) is 8.48. The molecular weight excluding hydrogens is 390 g/mol. The topological polar surface area (TPSA) is 50.8 Å². The first-order valence-electron chi connectivity index (χ1n) is 7.31. The third kappa shape index (κ3) is 3.37. The van der Waals surface area contributed by atoms with E-state index in [4.69, 9.17) is 17.0 Å². The fourth-order valence-corrected chi connectivity index (χ4v) is 2.97. The fraction of sp³-hybridized carbons (Fsp3) is 0.111. The molecule has 0 aliphatic rings. The van der Waals surface area contributed by atoms with Gasteiger partial charge in [0.05, 0.1) is 12.2 Å². The SMILES string of the molecule is Cn1c(-c2ccc(Br)cc2)cn(CC(=O)c2cccc(Cl)c2)c1=N. The largest absolute Gasteiger partial charge is 0.314 e. The van der Waals surface area contributed by atoms with E-state index in [1.807, 2.05) is 37.5 Å². The molecule has 4 nitrogen and oxygen atoms in total. The average Bonchev–Trinajstić information content (AvgIpc) is 2.84. The van der Waals surface area contributed by atoms with Gasteiger partial charge in [-0.2, -0.15) is 0 Å². The van der Waals surface area contributed by atoms with Gasteiger partial charge in [0, 0.05) is 28.3 Å². The fourth-order valence-electron chi connectivity index (χ4n) is 2.52. The number of hydrogen-bond donors (Lipinski definition) is 1. The first-order chi connectivity index (χ1) is 11.5. The lowest BCUT2D eigenvalue weighted by atomic mass is 10.1. The zero-order valence-corrected chi connectivity index (χ0v) is 15.3. The Bertz CT molecular complexity index is 957. The lowest BCUT2D eigenvalue weighted by molar-refractivity contribution is 0.0970. The van der Waals surface area contributed by atoms with Crippen LogP contribution < -0.4 is 5.62 Å². The summed E-state index contributed by atoms with van der Waals surface area (Å²) in [6.07, 6.45) is 1.83. The first kappa shape index (κ1) is 16.7. The van der Waals surface area contributed by atoms with Gasteiger partial charge in [0.15, 0.2) is 5.78 Å². The Labute approximate surface area is 153 Å². The van der Waals surface area contributed by atoms with Crippen molar-refractivity contribution >= 4 is 33.3 Å². The van der Waals surface area contributed by atoms with Crippen LogP contribution >= 0.6 is 27.5 Å². The summed E-state index contributed by atoms with van der Waals surface area (Å²) in [4.78, 5) is 12.4. The van der Waals surface area contributed by atoms with Crippen LogP contribution in [0, 0.1) is 5.41 Å². The smallest absolute Gasteiger partial charge is 0.202 e. The normalized spacial score (nSPS) is 10.8. The second kappa shape index (κ2) is 6.79. The highest BCUT2D eigenvalue weighted by Crippen LogP contribution is 2.20. The molecule has 3 rings (SSSR count). The molecule has 1 aromatic heterocycles. The quantitative estimate of drug-likeness (QED) is 0.649. The average molecular weight is 405 g/mol. The molecule has 6 heteroatoms. The van der Waals surface area contributed by atoms with Gasteiger partial charge >= 0.3 is 0 Å². The van der Waals surface area contributed by atoms with Crippen LogP contribution in [0.5, 0.6) is 0 Å². The number of benzene rings is 2. The highest BCUT2D eigenvalue weighted by atomic mass is 79.9. The number of rotatable bonds is 4. The Balaban J connectivity index is 1.92. The molecule has 1 N–H and O–H groups in total. The maximum atomic E-state index is 12.4. The number of carbonyl (C=O) groups is 1. The Morgan fingerprint density at radius 1 is 1.21 bits per heavy atom. The minimum absolute atomic E-state index is 0.0797. The summed E-state index contributed by atoms with van der Waals surface area (Å²) in [5.74, 6) is -0.0797. The van der Waals surface area contributed by atoms with Gasteiger partial charge < -0.3 is 9.13 Å². The van der Waals surface area contributed by atoms with Crippen LogP contribution in [0.3, 0.4) is 0 Å². The lowest BCUT2D eigenvalue weighted by Gasteiger charge is -2.02. The minimum Gasteiger partial charge on any atom is -0.314 e. The van der Waals surface area contributed by atoms with Gasteiger partial charge in [-0.1, -0.05) is 51.8 Å². The molecule has 122 valence electrons. The molecule has 0 saturated heterocycles. The summed E-state index contributed by atoms with van der Waals surface area (Å²) in [7, 11) is 1.82. The van der Waals surface area contributed by atoms with E-state index in [2.05, 4.69) is 15.9 Å². The molecule has 0 radical (unpaired) electrons. The zero-order valence-electron chi connectivity index (χ0n) is 13.0. The second-order valence-electron chi connectivity index (χ2n) is 5.47.